The predicted molar refractivity (Wildman–Crippen MR) is 36.8 cm³/mol. The quantitative estimate of drug-likeness (QED) is 0.356. The smallest absolute Gasteiger partial charge is 0.0401 e. The van der Waals surface area contributed by atoms with Gasteiger partial charge in [-0.2, -0.15) is 0 Å². The SMILES string of the molecule is C#CN=C/C(C)=C\C. The van der Waals surface area contributed by atoms with E-state index in [0.717, 1.165) is 5.57 Å². The van der Waals surface area contributed by atoms with Crippen LogP contribution in [0.3, 0.4) is 0 Å². The normalized spacial score (nSPS) is 11.9. The first kappa shape index (κ1) is 6.97. The summed E-state index contributed by atoms with van der Waals surface area (Å²) in [6.45, 7) is 3.89. The fourth-order valence-corrected chi connectivity index (χ4v) is 0.214. The van der Waals surface area contributed by atoms with Crippen molar-refractivity contribution >= 4 is 6.21 Å². The molecule has 0 saturated heterocycles. The van der Waals surface area contributed by atoms with E-state index >= 15 is 0 Å². The van der Waals surface area contributed by atoms with Gasteiger partial charge in [-0.3, -0.25) is 0 Å². The molecule has 0 rings (SSSR count). The molecule has 0 N–H and O–H groups in total. The first-order valence-electron chi connectivity index (χ1n) is 2.43. The molecule has 0 aromatic carbocycles. The Bertz CT molecular complexity index is 146. The molecule has 1 heteroatoms. The average Bonchev–Trinajstić information content (AvgIpc) is 1.83. The van der Waals surface area contributed by atoms with Crippen molar-refractivity contribution in [3.05, 3.63) is 11.6 Å². The van der Waals surface area contributed by atoms with Crippen molar-refractivity contribution in [3.8, 4) is 12.5 Å². The third-order valence-electron chi connectivity index (χ3n) is 0.798. The highest BCUT2D eigenvalue weighted by Crippen LogP contribution is 1.83. The standard InChI is InChI=1S/C7H9N/c1-4-7(3)6-8-5-2/h2,4,6H,1,3H3/b7-4-,8-6?. The zero-order chi connectivity index (χ0) is 6.41. The van der Waals surface area contributed by atoms with E-state index in [2.05, 4.69) is 11.0 Å². The maximum atomic E-state index is 4.86. The van der Waals surface area contributed by atoms with E-state index in [1.54, 1.807) is 6.21 Å². The Morgan fingerprint density at radius 1 is 1.75 bits per heavy atom. The van der Waals surface area contributed by atoms with Crippen LogP contribution >= 0.6 is 0 Å². The minimum absolute atomic E-state index is 1.09. The van der Waals surface area contributed by atoms with Gasteiger partial charge in [0.1, 0.15) is 0 Å². The fourth-order valence-electron chi connectivity index (χ4n) is 0.214. The summed E-state index contributed by atoms with van der Waals surface area (Å²) in [5.41, 5.74) is 1.09. The minimum Gasteiger partial charge on any atom is -0.206 e. The van der Waals surface area contributed by atoms with Crippen LogP contribution in [0.5, 0.6) is 0 Å². The zero-order valence-electron chi connectivity index (χ0n) is 5.18. The third-order valence-corrected chi connectivity index (χ3v) is 0.798. The molecule has 0 aromatic rings. The fraction of sp³-hybridized carbons (Fsp3) is 0.286. The molecule has 0 heterocycles. The van der Waals surface area contributed by atoms with Crippen LogP contribution in [0, 0.1) is 12.5 Å². The number of hydrogen-bond acceptors (Lipinski definition) is 1. The second-order valence-corrected chi connectivity index (χ2v) is 1.42. The van der Waals surface area contributed by atoms with Gasteiger partial charge < -0.3 is 0 Å². The van der Waals surface area contributed by atoms with Crippen LogP contribution in [0.25, 0.3) is 0 Å². The number of aliphatic imine (C=N–C) groups is 1. The summed E-state index contributed by atoms with van der Waals surface area (Å²) >= 11 is 0. The Morgan fingerprint density at radius 2 is 2.38 bits per heavy atom. The summed E-state index contributed by atoms with van der Waals surface area (Å²) < 4.78 is 0. The highest BCUT2D eigenvalue weighted by Gasteiger charge is 1.72. The molecule has 0 unspecified atom stereocenters. The Hall–Kier alpha value is -1.03. The molecular formula is C7H9N. The summed E-state index contributed by atoms with van der Waals surface area (Å²) in [4.78, 5) is 3.58. The summed E-state index contributed by atoms with van der Waals surface area (Å²) in [5.74, 6) is 0. The summed E-state index contributed by atoms with van der Waals surface area (Å²) in [7, 11) is 0. The zero-order valence-corrected chi connectivity index (χ0v) is 5.18. The van der Waals surface area contributed by atoms with Gasteiger partial charge in [0.2, 0.25) is 0 Å². The van der Waals surface area contributed by atoms with Gasteiger partial charge in [0.25, 0.3) is 0 Å². The third kappa shape index (κ3) is 3.17. The lowest BCUT2D eigenvalue weighted by molar-refractivity contribution is 1.53. The monoisotopic (exact) mass is 107 g/mol. The van der Waals surface area contributed by atoms with E-state index in [-0.39, 0.29) is 0 Å². The molecule has 0 radical (unpaired) electrons. The van der Waals surface area contributed by atoms with Crippen molar-refractivity contribution in [2.24, 2.45) is 4.99 Å². The number of nitrogens with zero attached hydrogens (tertiary/aromatic N) is 1. The van der Waals surface area contributed by atoms with Gasteiger partial charge >= 0.3 is 0 Å². The van der Waals surface area contributed by atoms with Gasteiger partial charge in [-0.05, 0) is 19.4 Å². The first-order chi connectivity index (χ1) is 3.81. The van der Waals surface area contributed by atoms with E-state index in [4.69, 9.17) is 6.42 Å². The van der Waals surface area contributed by atoms with Crippen molar-refractivity contribution < 1.29 is 0 Å². The topological polar surface area (TPSA) is 12.4 Å². The molecule has 0 aliphatic carbocycles. The second-order valence-electron chi connectivity index (χ2n) is 1.42. The molecule has 0 fully saturated rings. The van der Waals surface area contributed by atoms with Gasteiger partial charge in [0.05, 0.1) is 0 Å². The van der Waals surface area contributed by atoms with Gasteiger partial charge in [-0.1, -0.05) is 12.5 Å². The van der Waals surface area contributed by atoms with E-state index in [1.807, 2.05) is 19.9 Å². The molecule has 0 atom stereocenters. The Labute approximate surface area is 50.1 Å². The Kier molecular flexibility index (Phi) is 3.60. The van der Waals surface area contributed by atoms with Crippen molar-refractivity contribution in [1.29, 1.82) is 0 Å². The largest absolute Gasteiger partial charge is 0.206 e. The highest BCUT2D eigenvalue weighted by atomic mass is 14.6. The van der Waals surface area contributed by atoms with Gasteiger partial charge in [-0.15, -0.1) is 0 Å². The molecule has 1 nitrogen and oxygen atoms in total. The van der Waals surface area contributed by atoms with Crippen molar-refractivity contribution in [2.45, 2.75) is 13.8 Å². The van der Waals surface area contributed by atoms with E-state index < -0.39 is 0 Å². The van der Waals surface area contributed by atoms with Crippen LogP contribution < -0.4 is 0 Å². The lowest BCUT2D eigenvalue weighted by Gasteiger charge is -1.80. The molecule has 0 aromatic heterocycles. The maximum absolute atomic E-state index is 4.86. The van der Waals surface area contributed by atoms with Crippen LogP contribution in [0.2, 0.25) is 0 Å². The predicted octanol–water partition coefficient (Wildman–Crippen LogP) is 1.61. The molecule has 0 saturated carbocycles. The number of allylic oxidation sites excluding steroid dienone is 2. The van der Waals surface area contributed by atoms with E-state index in [9.17, 15) is 0 Å². The minimum atomic E-state index is 1.09. The summed E-state index contributed by atoms with van der Waals surface area (Å²) in [5, 5.41) is 0. The van der Waals surface area contributed by atoms with Gasteiger partial charge in [0, 0.05) is 12.3 Å². The van der Waals surface area contributed by atoms with Crippen LogP contribution in [0.1, 0.15) is 13.8 Å². The van der Waals surface area contributed by atoms with Crippen LogP contribution in [-0.4, -0.2) is 6.21 Å². The average molecular weight is 107 g/mol. The van der Waals surface area contributed by atoms with E-state index in [0.29, 0.717) is 0 Å². The molecule has 8 heavy (non-hydrogen) atoms. The Morgan fingerprint density at radius 3 is 2.75 bits per heavy atom. The second kappa shape index (κ2) is 4.14. The van der Waals surface area contributed by atoms with Crippen LogP contribution in [0.4, 0.5) is 0 Å². The van der Waals surface area contributed by atoms with Crippen LogP contribution in [0.15, 0.2) is 16.6 Å². The molecule has 0 aliphatic rings. The number of terminal acetylenes is 1. The van der Waals surface area contributed by atoms with Crippen molar-refractivity contribution in [3.63, 3.8) is 0 Å². The molecule has 0 amide bonds. The first-order valence-corrected chi connectivity index (χ1v) is 2.43. The molecule has 0 bridgehead atoms. The molecule has 42 valence electrons. The van der Waals surface area contributed by atoms with Crippen LogP contribution in [-0.2, 0) is 0 Å². The molecular weight excluding hydrogens is 98.1 g/mol. The van der Waals surface area contributed by atoms with Crippen molar-refractivity contribution in [2.75, 3.05) is 0 Å². The number of hydrogen-bond donors (Lipinski definition) is 0. The Balaban J connectivity index is 3.75. The lowest BCUT2D eigenvalue weighted by atomic mass is 10.3. The molecule has 0 aliphatic heterocycles. The van der Waals surface area contributed by atoms with E-state index in [1.165, 1.54) is 0 Å². The van der Waals surface area contributed by atoms with Crippen molar-refractivity contribution in [1.82, 2.24) is 0 Å². The lowest BCUT2D eigenvalue weighted by Crippen LogP contribution is -1.72. The summed E-state index contributed by atoms with van der Waals surface area (Å²) in [6.07, 6.45) is 8.45. The maximum Gasteiger partial charge on any atom is 0.0401 e. The van der Waals surface area contributed by atoms with Gasteiger partial charge in [0.15, 0.2) is 0 Å². The highest BCUT2D eigenvalue weighted by molar-refractivity contribution is 5.78. The van der Waals surface area contributed by atoms with Gasteiger partial charge in [-0.25, -0.2) is 4.99 Å². The molecule has 0 spiro atoms. The number of rotatable bonds is 1. The summed E-state index contributed by atoms with van der Waals surface area (Å²) in [6, 6.07) is 2.16.